The smallest absolute Gasteiger partial charge is 0.157 e. The van der Waals surface area contributed by atoms with Crippen molar-refractivity contribution >= 4 is 12.0 Å². The molecule has 4 rings (SSSR count). The van der Waals surface area contributed by atoms with Gasteiger partial charge in [0.1, 0.15) is 12.1 Å². The largest absolute Gasteiger partial charge is 0.370 e. The Morgan fingerprint density at radius 2 is 1.58 bits per heavy atom. The summed E-state index contributed by atoms with van der Waals surface area (Å²) in [5.41, 5.74) is 4.21. The number of anilines is 1. The van der Waals surface area contributed by atoms with Gasteiger partial charge in [-0.05, 0) is 36.1 Å². The van der Waals surface area contributed by atoms with Crippen molar-refractivity contribution in [2.75, 3.05) is 11.9 Å². The molecule has 5 nitrogen and oxygen atoms in total. The highest BCUT2D eigenvalue weighted by molar-refractivity contribution is 5.80. The Balaban J connectivity index is 1.30. The van der Waals surface area contributed by atoms with Crippen molar-refractivity contribution in [2.24, 2.45) is 5.16 Å². The summed E-state index contributed by atoms with van der Waals surface area (Å²) in [5.74, 6) is 1.54. The SMILES string of the molecule is C(=N\Oc1ccccc1)/c1ccc(-c2cc(NCCCc3ccccc3)ncn2)cc1. The molecule has 5 heteroatoms. The van der Waals surface area contributed by atoms with E-state index in [1.165, 1.54) is 5.56 Å². The molecular weight excluding hydrogens is 384 g/mol. The second-order valence-corrected chi connectivity index (χ2v) is 7.07. The van der Waals surface area contributed by atoms with E-state index in [1.54, 1.807) is 12.5 Å². The van der Waals surface area contributed by atoms with Crippen LogP contribution in [0.15, 0.2) is 102 Å². The fourth-order valence-electron chi connectivity index (χ4n) is 3.13. The maximum atomic E-state index is 5.36. The van der Waals surface area contributed by atoms with E-state index in [0.29, 0.717) is 5.75 Å². The Hall–Kier alpha value is -3.99. The van der Waals surface area contributed by atoms with Gasteiger partial charge >= 0.3 is 0 Å². The molecule has 3 aromatic carbocycles. The van der Waals surface area contributed by atoms with E-state index in [4.69, 9.17) is 4.84 Å². The van der Waals surface area contributed by atoms with Crippen LogP contribution in [0.3, 0.4) is 0 Å². The molecule has 4 aromatic rings. The van der Waals surface area contributed by atoms with Gasteiger partial charge in [-0.25, -0.2) is 9.97 Å². The van der Waals surface area contributed by atoms with Crippen LogP contribution < -0.4 is 10.2 Å². The van der Waals surface area contributed by atoms with E-state index in [9.17, 15) is 0 Å². The summed E-state index contributed by atoms with van der Waals surface area (Å²) in [4.78, 5) is 14.1. The molecule has 0 aliphatic carbocycles. The van der Waals surface area contributed by atoms with Crippen molar-refractivity contribution in [3.8, 4) is 17.0 Å². The van der Waals surface area contributed by atoms with E-state index in [-0.39, 0.29) is 0 Å². The van der Waals surface area contributed by atoms with Gasteiger partial charge in [-0.1, -0.05) is 78.0 Å². The Kier molecular flexibility index (Phi) is 7.00. The number of para-hydroxylation sites is 1. The molecule has 0 spiro atoms. The number of rotatable bonds is 9. The van der Waals surface area contributed by atoms with Crippen molar-refractivity contribution < 1.29 is 4.84 Å². The van der Waals surface area contributed by atoms with Gasteiger partial charge < -0.3 is 10.2 Å². The summed E-state index contributed by atoms with van der Waals surface area (Å²) in [5, 5.41) is 7.42. The van der Waals surface area contributed by atoms with Gasteiger partial charge in [0.05, 0.1) is 11.9 Å². The zero-order valence-electron chi connectivity index (χ0n) is 17.2. The topological polar surface area (TPSA) is 59.4 Å². The molecule has 0 amide bonds. The lowest BCUT2D eigenvalue weighted by molar-refractivity contribution is 0.344. The molecule has 0 aliphatic heterocycles. The number of aryl methyl sites for hydroxylation is 1. The Labute approximate surface area is 182 Å². The minimum absolute atomic E-state index is 0.708. The zero-order valence-corrected chi connectivity index (χ0v) is 17.2. The van der Waals surface area contributed by atoms with Gasteiger partial charge in [0.15, 0.2) is 5.75 Å². The van der Waals surface area contributed by atoms with Crippen LogP contribution in [0.1, 0.15) is 17.5 Å². The van der Waals surface area contributed by atoms with Gasteiger partial charge in [0.25, 0.3) is 0 Å². The maximum absolute atomic E-state index is 5.36. The van der Waals surface area contributed by atoms with Crippen molar-refractivity contribution in [1.29, 1.82) is 0 Å². The number of aromatic nitrogens is 2. The van der Waals surface area contributed by atoms with Gasteiger partial charge in [-0.3, -0.25) is 0 Å². The van der Waals surface area contributed by atoms with Gasteiger partial charge in [0, 0.05) is 18.2 Å². The fourth-order valence-corrected chi connectivity index (χ4v) is 3.13. The first-order valence-electron chi connectivity index (χ1n) is 10.3. The van der Waals surface area contributed by atoms with Gasteiger partial charge in [-0.2, -0.15) is 0 Å². The third-order valence-corrected chi connectivity index (χ3v) is 4.77. The standard InChI is InChI=1S/C26H24N4O/c1-3-8-21(9-4-1)10-7-17-27-26-18-25(28-20-29-26)23-15-13-22(14-16-23)19-30-31-24-11-5-2-6-12-24/h1-6,8-9,11-16,18-20H,7,10,17H2,(H,27,28,29)/b30-19+. The predicted molar refractivity (Wildman–Crippen MR) is 125 cm³/mol. The quantitative estimate of drug-likeness (QED) is 0.222. The number of benzene rings is 3. The minimum atomic E-state index is 0.708. The molecule has 0 fully saturated rings. The summed E-state index contributed by atoms with van der Waals surface area (Å²) in [6.45, 7) is 0.863. The van der Waals surface area contributed by atoms with Gasteiger partial charge in [-0.15, -0.1) is 0 Å². The lowest BCUT2D eigenvalue weighted by Gasteiger charge is -2.07. The van der Waals surface area contributed by atoms with Crippen LogP contribution >= 0.6 is 0 Å². The molecule has 0 unspecified atom stereocenters. The van der Waals surface area contributed by atoms with Crippen molar-refractivity contribution in [1.82, 2.24) is 9.97 Å². The van der Waals surface area contributed by atoms with Crippen LogP contribution in [0.2, 0.25) is 0 Å². The summed E-state index contributed by atoms with van der Waals surface area (Å²) in [7, 11) is 0. The molecule has 31 heavy (non-hydrogen) atoms. The van der Waals surface area contributed by atoms with Crippen LogP contribution in [-0.2, 0) is 6.42 Å². The molecule has 1 heterocycles. The average molecular weight is 409 g/mol. The highest BCUT2D eigenvalue weighted by Crippen LogP contribution is 2.19. The molecule has 0 saturated carbocycles. The van der Waals surface area contributed by atoms with Crippen LogP contribution in [0.5, 0.6) is 5.75 Å². The van der Waals surface area contributed by atoms with Crippen LogP contribution in [0.25, 0.3) is 11.3 Å². The molecule has 0 atom stereocenters. The molecule has 1 N–H and O–H groups in total. The normalized spacial score (nSPS) is 10.8. The summed E-state index contributed by atoms with van der Waals surface area (Å²) < 4.78 is 0. The van der Waals surface area contributed by atoms with Gasteiger partial charge in [0.2, 0.25) is 0 Å². The number of nitrogens with zero attached hydrogens (tertiary/aromatic N) is 3. The average Bonchev–Trinajstić information content (AvgIpc) is 2.84. The third kappa shape index (κ3) is 6.24. The molecule has 154 valence electrons. The van der Waals surface area contributed by atoms with E-state index >= 15 is 0 Å². The maximum Gasteiger partial charge on any atom is 0.157 e. The van der Waals surface area contributed by atoms with Crippen molar-refractivity contribution in [3.63, 3.8) is 0 Å². The Morgan fingerprint density at radius 1 is 0.839 bits per heavy atom. The highest BCUT2D eigenvalue weighted by atomic mass is 16.6. The summed E-state index contributed by atoms with van der Waals surface area (Å²) in [6.07, 6.45) is 5.37. The summed E-state index contributed by atoms with van der Waals surface area (Å²) >= 11 is 0. The summed E-state index contributed by atoms with van der Waals surface area (Å²) in [6, 6.07) is 30.0. The minimum Gasteiger partial charge on any atom is -0.370 e. The van der Waals surface area contributed by atoms with Crippen molar-refractivity contribution in [3.05, 3.63) is 108 Å². The highest BCUT2D eigenvalue weighted by Gasteiger charge is 2.02. The monoisotopic (exact) mass is 408 g/mol. The lowest BCUT2D eigenvalue weighted by Crippen LogP contribution is -2.05. The number of hydrogen-bond donors (Lipinski definition) is 1. The molecule has 0 bridgehead atoms. The van der Waals surface area contributed by atoms with Crippen LogP contribution in [-0.4, -0.2) is 22.7 Å². The lowest BCUT2D eigenvalue weighted by atomic mass is 10.1. The van der Waals surface area contributed by atoms with E-state index in [2.05, 4.69) is 44.7 Å². The van der Waals surface area contributed by atoms with Crippen LogP contribution in [0.4, 0.5) is 5.82 Å². The first kappa shape index (κ1) is 20.3. The van der Waals surface area contributed by atoms with E-state index in [0.717, 1.165) is 42.0 Å². The fraction of sp³-hybridized carbons (Fsp3) is 0.115. The Morgan fingerprint density at radius 3 is 2.35 bits per heavy atom. The first-order chi connectivity index (χ1) is 15.4. The molecule has 0 aliphatic rings. The first-order valence-corrected chi connectivity index (χ1v) is 10.3. The molecular formula is C26H24N4O. The third-order valence-electron chi connectivity index (χ3n) is 4.77. The second kappa shape index (κ2) is 10.7. The van der Waals surface area contributed by atoms with E-state index < -0.39 is 0 Å². The molecule has 1 aromatic heterocycles. The molecule has 0 saturated heterocycles. The predicted octanol–water partition coefficient (Wildman–Crippen LogP) is 5.60. The Bertz CT molecular complexity index is 1100. The number of oxime groups is 1. The zero-order chi connectivity index (χ0) is 21.1. The van der Waals surface area contributed by atoms with Crippen molar-refractivity contribution in [2.45, 2.75) is 12.8 Å². The number of nitrogens with one attached hydrogen (secondary N) is 1. The van der Waals surface area contributed by atoms with Crippen LogP contribution in [0, 0.1) is 0 Å². The molecule has 0 radical (unpaired) electrons. The number of hydrogen-bond acceptors (Lipinski definition) is 5. The second-order valence-electron chi connectivity index (χ2n) is 7.07. The van der Waals surface area contributed by atoms with E-state index in [1.807, 2.05) is 66.7 Å².